The zero-order valence-electron chi connectivity index (χ0n) is 12.8. The molecular weight excluding hydrogens is 310 g/mol. The van der Waals surface area contributed by atoms with Gasteiger partial charge in [0.25, 0.3) is 5.91 Å². The predicted octanol–water partition coefficient (Wildman–Crippen LogP) is 0.952. The minimum absolute atomic E-state index is 0.0893. The third-order valence-corrected chi connectivity index (χ3v) is 5.21. The van der Waals surface area contributed by atoms with Crippen LogP contribution in [-0.2, 0) is 19.6 Å². The van der Waals surface area contributed by atoms with Gasteiger partial charge in [-0.1, -0.05) is 19.1 Å². The molecule has 0 aromatic heterocycles. The summed E-state index contributed by atoms with van der Waals surface area (Å²) in [6.45, 7) is 2.75. The first kappa shape index (κ1) is 18.0. The Bertz CT molecular complexity index is 655. The summed E-state index contributed by atoms with van der Waals surface area (Å²) in [5.41, 5.74) is 0.0893. The van der Waals surface area contributed by atoms with Crippen molar-refractivity contribution in [3.8, 4) is 5.75 Å². The molecule has 1 amide bonds. The van der Waals surface area contributed by atoms with Gasteiger partial charge in [-0.15, -0.1) is 0 Å². The Labute approximate surface area is 129 Å². The summed E-state index contributed by atoms with van der Waals surface area (Å²) in [5.74, 6) is -2.14. The maximum atomic E-state index is 12.2. The highest BCUT2D eigenvalue weighted by Gasteiger charge is 2.33. The molecule has 0 aliphatic rings. The number of sulfonamides is 1. The van der Waals surface area contributed by atoms with Gasteiger partial charge in [-0.2, -0.15) is 0 Å². The van der Waals surface area contributed by atoms with Crippen LogP contribution in [0.4, 0.5) is 0 Å². The predicted molar refractivity (Wildman–Crippen MR) is 80.0 cm³/mol. The Morgan fingerprint density at radius 1 is 1.14 bits per heavy atom. The third-order valence-electron chi connectivity index (χ3n) is 3.35. The van der Waals surface area contributed by atoms with Crippen molar-refractivity contribution in [3.63, 3.8) is 0 Å². The van der Waals surface area contributed by atoms with E-state index in [-0.39, 0.29) is 11.3 Å². The highest BCUT2D eigenvalue weighted by Crippen LogP contribution is 2.19. The Morgan fingerprint density at radius 3 is 2.27 bits per heavy atom. The molecular formula is C14H19NO6S. The lowest BCUT2D eigenvalue weighted by Crippen LogP contribution is -2.42. The number of ether oxygens (including phenoxy) is 2. The largest absolute Gasteiger partial charge is 0.496 e. The molecule has 0 fully saturated rings. The van der Waals surface area contributed by atoms with E-state index in [1.807, 2.05) is 4.72 Å². The summed E-state index contributed by atoms with van der Waals surface area (Å²) in [4.78, 5) is 23.6. The summed E-state index contributed by atoms with van der Waals surface area (Å²) in [5, 5.41) is -1.13. The molecule has 7 nitrogen and oxygen atoms in total. The number of esters is 1. The van der Waals surface area contributed by atoms with Crippen LogP contribution in [0.5, 0.6) is 5.75 Å². The molecule has 8 heteroatoms. The number of rotatable bonds is 6. The maximum Gasteiger partial charge on any atom is 0.309 e. The van der Waals surface area contributed by atoms with Crippen LogP contribution in [0.25, 0.3) is 0 Å². The fourth-order valence-electron chi connectivity index (χ4n) is 1.76. The first-order valence-electron chi connectivity index (χ1n) is 6.51. The van der Waals surface area contributed by atoms with Gasteiger partial charge in [0.05, 0.1) is 31.0 Å². The molecule has 0 saturated heterocycles. The number of methoxy groups -OCH3 is 2. The average molecular weight is 329 g/mol. The van der Waals surface area contributed by atoms with Crippen LogP contribution in [0.15, 0.2) is 24.3 Å². The zero-order chi connectivity index (χ0) is 16.9. The molecule has 0 aliphatic carbocycles. The van der Waals surface area contributed by atoms with E-state index >= 15 is 0 Å². The van der Waals surface area contributed by atoms with Crippen molar-refractivity contribution in [1.29, 1.82) is 0 Å². The Morgan fingerprint density at radius 2 is 1.73 bits per heavy atom. The van der Waals surface area contributed by atoms with Gasteiger partial charge in [0.15, 0.2) is 0 Å². The molecule has 0 saturated carbocycles. The molecule has 1 aromatic carbocycles. The lowest BCUT2D eigenvalue weighted by Gasteiger charge is -2.19. The molecule has 1 aromatic rings. The normalized spacial score (nSPS) is 13.8. The molecule has 0 bridgehead atoms. The van der Waals surface area contributed by atoms with Gasteiger partial charge in [-0.3, -0.25) is 9.59 Å². The first-order chi connectivity index (χ1) is 10.2. The summed E-state index contributed by atoms with van der Waals surface area (Å²) < 4.78 is 35.9. The number of para-hydroxylation sites is 1. The second-order valence-corrected chi connectivity index (χ2v) is 6.73. The van der Waals surface area contributed by atoms with Crippen LogP contribution >= 0.6 is 0 Å². The van der Waals surface area contributed by atoms with E-state index in [9.17, 15) is 18.0 Å². The van der Waals surface area contributed by atoms with E-state index in [1.165, 1.54) is 34.1 Å². The van der Waals surface area contributed by atoms with Crippen molar-refractivity contribution in [3.05, 3.63) is 29.8 Å². The summed E-state index contributed by atoms with van der Waals surface area (Å²) in [6, 6.07) is 6.23. The zero-order valence-corrected chi connectivity index (χ0v) is 13.6. The van der Waals surface area contributed by atoms with Gasteiger partial charge < -0.3 is 9.47 Å². The van der Waals surface area contributed by atoms with Crippen molar-refractivity contribution in [1.82, 2.24) is 4.72 Å². The average Bonchev–Trinajstić information content (AvgIpc) is 2.51. The van der Waals surface area contributed by atoms with Gasteiger partial charge >= 0.3 is 5.97 Å². The molecule has 0 aliphatic heterocycles. The SMILES string of the molecule is COC(=O)[C@@H](C)[C@@H](C)S(=O)(=O)NC(=O)c1ccccc1OC. The number of amides is 1. The number of hydrogen-bond acceptors (Lipinski definition) is 6. The lowest BCUT2D eigenvalue weighted by molar-refractivity contribution is -0.144. The highest BCUT2D eigenvalue weighted by atomic mass is 32.2. The second kappa shape index (κ2) is 7.26. The van der Waals surface area contributed by atoms with Crippen LogP contribution in [0.3, 0.4) is 0 Å². The van der Waals surface area contributed by atoms with E-state index < -0.39 is 33.1 Å². The molecule has 2 atom stereocenters. The van der Waals surface area contributed by atoms with Crippen LogP contribution in [0, 0.1) is 5.92 Å². The summed E-state index contributed by atoms with van der Waals surface area (Å²) >= 11 is 0. The second-order valence-electron chi connectivity index (χ2n) is 4.69. The van der Waals surface area contributed by atoms with Crippen LogP contribution < -0.4 is 9.46 Å². The smallest absolute Gasteiger partial charge is 0.309 e. The number of benzene rings is 1. The molecule has 0 unspecified atom stereocenters. The Kier molecular flexibility index (Phi) is 5.92. The minimum atomic E-state index is -4.04. The molecule has 0 spiro atoms. The van der Waals surface area contributed by atoms with Crippen molar-refractivity contribution < 1.29 is 27.5 Å². The fourth-order valence-corrected chi connectivity index (χ4v) is 2.96. The first-order valence-corrected chi connectivity index (χ1v) is 8.06. The van der Waals surface area contributed by atoms with E-state index in [0.717, 1.165) is 0 Å². The summed E-state index contributed by atoms with van der Waals surface area (Å²) in [7, 11) is -1.49. The van der Waals surface area contributed by atoms with Crippen LogP contribution in [-0.4, -0.2) is 39.8 Å². The molecule has 1 N–H and O–H groups in total. The van der Waals surface area contributed by atoms with E-state index in [4.69, 9.17) is 4.74 Å². The van der Waals surface area contributed by atoms with Crippen molar-refractivity contribution in [2.45, 2.75) is 19.1 Å². The number of nitrogens with one attached hydrogen (secondary N) is 1. The Hall–Kier alpha value is -2.09. The molecule has 22 heavy (non-hydrogen) atoms. The number of hydrogen-bond donors (Lipinski definition) is 1. The standard InChI is InChI=1S/C14H19NO6S/c1-9(14(17)21-4)10(2)22(18,19)15-13(16)11-7-5-6-8-12(11)20-3/h5-10H,1-4H3,(H,15,16)/t9-,10+/m0/s1. The molecule has 1 rings (SSSR count). The van der Waals surface area contributed by atoms with Gasteiger partial charge in [0, 0.05) is 0 Å². The minimum Gasteiger partial charge on any atom is -0.496 e. The quantitative estimate of drug-likeness (QED) is 0.780. The van der Waals surface area contributed by atoms with Crippen molar-refractivity contribution >= 4 is 21.9 Å². The van der Waals surface area contributed by atoms with Crippen LogP contribution in [0.2, 0.25) is 0 Å². The van der Waals surface area contributed by atoms with Gasteiger partial charge in [0.1, 0.15) is 5.75 Å². The van der Waals surface area contributed by atoms with E-state index in [2.05, 4.69) is 4.74 Å². The topological polar surface area (TPSA) is 98.8 Å². The van der Waals surface area contributed by atoms with Gasteiger partial charge in [0.2, 0.25) is 10.0 Å². The Balaban J connectivity index is 2.97. The van der Waals surface area contributed by atoms with E-state index in [0.29, 0.717) is 0 Å². The monoisotopic (exact) mass is 329 g/mol. The highest BCUT2D eigenvalue weighted by molar-refractivity contribution is 7.90. The molecule has 0 heterocycles. The number of carbonyl (C=O) groups is 2. The van der Waals surface area contributed by atoms with Crippen molar-refractivity contribution in [2.24, 2.45) is 5.92 Å². The van der Waals surface area contributed by atoms with Crippen LogP contribution in [0.1, 0.15) is 24.2 Å². The lowest BCUT2D eigenvalue weighted by atomic mass is 10.1. The maximum absolute atomic E-state index is 12.2. The molecule has 122 valence electrons. The fraction of sp³-hybridized carbons (Fsp3) is 0.429. The van der Waals surface area contributed by atoms with Crippen molar-refractivity contribution in [2.75, 3.05) is 14.2 Å². The van der Waals surface area contributed by atoms with Gasteiger partial charge in [-0.25, -0.2) is 13.1 Å². The molecule has 0 radical (unpaired) electrons. The van der Waals surface area contributed by atoms with E-state index in [1.54, 1.807) is 18.2 Å². The summed E-state index contributed by atoms with van der Waals surface area (Å²) in [6.07, 6.45) is 0. The number of carbonyl (C=O) groups excluding carboxylic acids is 2. The van der Waals surface area contributed by atoms with Gasteiger partial charge in [-0.05, 0) is 19.1 Å². The third kappa shape index (κ3) is 3.97.